The van der Waals surface area contributed by atoms with Gasteiger partial charge in [0, 0.05) is 21.3 Å². The Bertz CT molecular complexity index is 86.4. The lowest BCUT2D eigenvalue weighted by Crippen LogP contribution is -2.39. The maximum Gasteiger partial charge on any atom is 0.183 e. The number of ether oxygens (including phenoxy) is 3. The largest absolute Gasteiger partial charge is 0.379 e. The summed E-state index contributed by atoms with van der Waals surface area (Å²) in [6, 6.07) is 0. The molecule has 11 heavy (non-hydrogen) atoms. The van der Waals surface area contributed by atoms with Gasteiger partial charge in [0.15, 0.2) is 6.29 Å². The minimum absolute atomic E-state index is 0.185. The standard InChI is InChI=1S/C7H16O4/c1-5(9-2)6(10-3)7(8)11-4/h5-8H,1-4H3/t5?,6?,7-/m1/s1. The summed E-state index contributed by atoms with van der Waals surface area (Å²) in [5.74, 6) is 0. The number of aliphatic hydroxyl groups excluding tert-OH is 1. The van der Waals surface area contributed by atoms with Crippen LogP contribution in [0.4, 0.5) is 0 Å². The Kier molecular flexibility index (Phi) is 5.41. The van der Waals surface area contributed by atoms with E-state index in [0.29, 0.717) is 0 Å². The van der Waals surface area contributed by atoms with E-state index in [-0.39, 0.29) is 6.10 Å². The van der Waals surface area contributed by atoms with E-state index >= 15 is 0 Å². The molecule has 4 heteroatoms. The molecule has 0 aromatic rings. The lowest BCUT2D eigenvalue weighted by Gasteiger charge is -2.24. The number of methoxy groups -OCH3 is 3. The molecule has 3 atom stereocenters. The predicted molar refractivity (Wildman–Crippen MR) is 40.3 cm³/mol. The van der Waals surface area contributed by atoms with Gasteiger partial charge in [0.25, 0.3) is 0 Å². The molecule has 0 spiro atoms. The highest BCUT2D eigenvalue weighted by Crippen LogP contribution is 2.07. The third kappa shape index (κ3) is 3.16. The fraction of sp³-hybridized carbons (Fsp3) is 1.00. The number of hydrogen-bond acceptors (Lipinski definition) is 4. The summed E-state index contributed by atoms with van der Waals surface area (Å²) >= 11 is 0. The Labute approximate surface area is 67.1 Å². The first-order valence-corrected chi connectivity index (χ1v) is 3.43. The topological polar surface area (TPSA) is 47.9 Å². The van der Waals surface area contributed by atoms with Gasteiger partial charge in [0.1, 0.15) is 6.10 Å². The van der Waals surface area contributed by atoms with Gasteiger partial charge in [-0.1, -0.05) is 0 Å². The lowest BCUT2D eigenvalue weighted by atomic mass is 10.2. The van der Waals surface area contributed by atoms with Crippen molar-refractivity contribution in [3.8, 4) is 0 Å². The van der Waals surface area contributed by atoms with Crippen LogP contribution in [0.1, 0.15) is 6.92 Å². The van der Waals surface area contributed by atoms with Crippen LogP contribution in [0.25, 0.3) is 0 Å². The molecule has 0 rings (SSSR count). The highest BCUT2D eigenvalue weighted by molar-refractivity contribution is 4.67. The molecule has 2 unspecified atom stereocenters. The molecule has 68 valence electrons. The van der Waals surface area contributed by atoms with Crippen LogP contribution in [-0.4, -0.2) is 44.9 Å². The maximum atomic E-state index is 9.19. The molecule has 0 amide bonds. The summed E-state index contributed by atoms with van der Waals surface area (Å²) in [5, 5.41) is 9.19. The maximum absolute atomic E-state index is 9.19. The van der Waals surface area contributed by atoms with Crippen molar-refractivity contribution in [3.63, 3.8) is 0 Å². The number of aliphatic hydroxyl groups is 1. The summed E-state index contributed by atoms with van der Waals surface area (Å²) < 4.78 is 14.6. The third-order valence-electron chi connectivity index (χ3n) is 1.63. The molecule has 0 saturated carbocycles. The van der Waals surface area contributed by atoms with Crippen LogP contribution in [0.15, 0.2) is 0 Å². The Balaban J connectivity index is 3.92. The van der Waals surface area contributed by atoms with Gasteiger partial charge in [0.2, 0.25) is 0 Å². The van der Waals surface area contributed by atoms with Gasteiger partial charge >= 0.3 is 0 Å². The van der Waals surface area contributed by atoms with Crippen molar-refractivity contribution >= 4 is 0 Å². The summed E-state index contributed by atoms with van der Waals surface area (Å²) in [6.45, 7) is 1.80. The van der Waals surface area contributed by atoms with E-state index < -0.39 is 12.4 Å². The minimum Gasteiger partial charge on any atom is -0.379 e. The van der Waals surface area contributed by atoms with Crippen molar-refractivity contribution in [2.75, 3.05) is 21.3 Å². The number of rotatable bonds is 5. The Morgan fingerprint density at radius 2 is 1.55 bits per heavy atom. The second-order valence-corrected chi connectivity index (χ2v) is 2.27. The highest BCUT2D eigenvalue weighted by atomic mass is 16.6. The van der Waals surface area contributed by atoms with E-state index in [1.165, 1.54) is 14.2 Å². The number of hydrogen-bond donors (Lipinski definition) is 1. The molecular weight excluding hydrogens is 148 g/mol. The monoisotopic (exact) mass is 164 g/mol. The molecular formula is C7H16O4. The van der Waals surface area contributed by atoms with Gasteiger partial charge in [-0.2, -0.15) is 0 Å². The van der Waals surface area contributed by atoms with Gasteiger partial charge in [0.05, 0.1) is 6.10 Å². The van der Waals surface area contributed by atoms with Crippen LogP contribution >= 0.6 is 0 Å². The fourth-order valence-electron chi connectivity index (χ4n) is 0.808. The van der Waals surface area contributed by atoms with Crippen molar-refractivity contribution < 1.29 is 19.3 Å². The molecule has 0 aliphatic carbocycles. The van der Waals surface area contributed by atoms with Crippen molar-refractivity contribution in [2.24, 2.45) is 0 Å². The third-order valence-corrected chi connectivity index (χ3v) is 1.63. The lowest BCUT2D eigenvalue weighted by molar-refractivity contribution is -0.186. The van der Waals surface area contributed by atoms with Gasteiger partial charge in [-0.3, -0.25) is 0 Å². The quantitative estimate of drug-likeness (QED) is 0.581. The zero-order valence-corrected chi connectivity index (χ0v) is 7.40. The first-order chi connectivity index (χ1) is 5.17. The van der Waals surface area contributed by atoms with Gasteiger partial charge < -0.3 is 19.3 Å². The second kappa shape index (κ2) is 5.49. The zero-order valence-electron chi connectivity index (χ0n) is 7.40. The summed E-state index contributed by atoms with van der Waals surface area (Å²) in [4.78, 5) is 0. The van der Waals surface area contributed by atoms with E-state index in [1.807, 2.05) is 0 Å². The summed E-state index contributed by atoms with van der Waals surface area (Å²) in [7, 11) is 4.47. The summed E-state index contributed by atoms with van der Waals surface area (Å²) in [5.41, 5.74) is 0. The molecule has 0 aliphatic rings. The minimum atomic E-state index is -0.935. The van der Waals surface area contributed by atoms with E-state index in [0.717, 1.165) is 0 Å². The predicted octanol–water partition coefficient (Wildman–Crippen LogP) is 0.00110. The van der Waals surface area contributed by atoms with E-state index in [2.05, 4.69) is 4.74 Å². The van der Waals surface area contributed by atoms with Crippen LogP contribution < -0.4 is 0 Å². The first-order valence-electron chi connectivity index (χ1n) is 3.43. The SMILES string of the molecule is COC(C)C(OC)[C@H](O)OC. The molecule has 4 nitrogen and oxygen atoms in total. The van der Waals surface area contributed by atoms with E-state index in [9.17, 15) is 5.11 Å². The molecule has 0 saturated heterocycles. The van der Waals surface area contributed by atoms with E-state index in [4.69, 9.17) is 9.47 Å². The first kappa shape index (κ1) is 10.8. The molecule has 0 aliphatic heterocycles. The zero-order chi connectivity index (χ0) is 8.85. The van der Waals surface area contributed by atoms with Crippen LogP contribution in [0.3, 0.4) is 0 Å². The van der Waals surface area contributed by atoms with Crippen molar-refractivity contribution in [3.05, 3.63) is 0 Å². The smallest absolute Gasteiger partial charge is 0.183 e. The molecule has 0 bridgehead atoms. The Morgan fingerprint density at radius 3 is 1.82 bits per heavy atom. The van der Waals surface area contributed by atoms with Crippen LogP contribution in [-0.2, 0) is 14.2 Å². The van der Waals surface area contributed by atoms with Crippen molar-refractivity contribution in [1.82, 2.24) is 0 Å². The van der Waals surface area contributed by atoms with Crippen molar-refractivity contribution in [2.45, 2.75) is 25.4 Å². The van der Waals surface area contributed by atoms with Gasteiger partial charge in [-0.15, -0.1) is 0 Å². The molecule has 0 aromatic carbocycles. The molecule has 1 N–H and O–H groups in total. The van der Waals surface area contributed by atoms with Gasteiger partial charge in [-0.25, -0.2) is 0 Å². The van der Waals surface area contributed by atoms with E-state index in [1.54, 1.807) is 14.0 Å². The second-order valence-electron chi connectivity index (χ2n) is 2.27. The van der Waals surface area contributed by atoms with Crippen LogP contribution in [0.2, 0.25) is 0 Å². The van der Waals surface area contributed by atoms with Crippen LogP contribution in [0, 0.1) is 0 Å². The molecule has 0 fully saturated rings. The Hall–Kier alpha value is -0.160. The summed E-state index contributed by atoms with van der Waals surface area (Å²) in [6.07, 6.45) is -1.56. The van der Waals surface area contributed by atoms with Crippen molar-refractivity contribution in [1.29, 1.82) is 0 Å². The molecule has 0 radical (unpaired) electrons. The highest BCUT2D eigenvalue weighted by Gasteiger charge is 2.24. The molecule has 0 heterocycles. The Morgan fingerprint density at radius 1 is 1.00 bits per heavy atom. The van der Waals surface area contributed by atoms with Crippen LogP contribution in [0.5, 0.6) is 0 Å². The fourth-order valence-corrected chi connectivity index (χ4v) is 0.808. The normalized spacial score (nSPS) is 19.4. The average Bonchev–Trinajstić information content (AvgIpc) is 2.05. The van der Waals surface area contributed by atoms with Gasteiger partial charge in [-0.05, 0) is 6.92 Å². The molecule has 0 aromatic heterocycles. The average molecular weight is 164 g/mol.